The Bertz CT molecular complexity index is 3750. The molecule has 13 rings (SSSR count). The van der Waals surface area contributed by atoms with Crippen LogP contribution >= 0.6 is 0 Å². The number of aryl methyl sites for hydroxylation is 2. The first-order valence-electron chi connectivity index (χ1n) is 33.8. The van der Waals surface area contributed by atoms with E-state index in [1.54, 1.807) is 9.58 Å². The molecule has 6 aromatic rings. The van der Waals surface area contributed by atoms with Gasteiger partial charge in [0, 0.05) is 139 Å². The molecule has 3 aromatic carbocycles. The predicted octanol–water partition coefficient (Wildman–Crippen LogP) is 7.65. The number of carbonyl (C=O) groups excluding carboxylic acids is 2. The van der Waals surface area contributed by atoms with E-state index in [9.17, 15) is 20.0 Å². The molecule has 492 valence electrons. The van der Waals surface area contributed by atoms with Crippen LogP contribution in [0.25, 0.3) is 5.57 Å². The normalized spacial score (nSPS) is 20.4. The fraction of sp³-hybridized carbons (Fsp3) is 0.609. The molecule has 10 heterocycles. The molecule has 3 fully saturated rings. The van der Waals surface area contributed by atoms with Gasteiger partial charge in [0.05, 0.1) is 66.9 Å². The number of carbonyl (C=O) groups is 2. The number of ether oxygens (including phenoxy) is 3. The number of fused-ring (bicyclic) bond motifs is 5. The van der Waals surface area contributed by atoms with Crippen LogP contribution in [0.2, 0.25) is 0 Å². The number of hydroxylamine groups is 4. The molecule has 7 aliphatic rings. The lowest BCUT2D eigenvalue weighted by molar-refractivity contribution is -0.249. The van der Waals surface area contributed by atoms with E-state index in [4.69, 9.17) is 14.2 Å². The molecule has 2 amide bonds. The fourth-order valence-electron chi connectivity index (χ4n) is 16.6. The van der Waals surface area contributed by atoms with E-state index in [0.717, 1.165) is 122 Å². The summed E-state index contributed by atoms with van der Waals surface area (Å²) in [6, 6.07) is 12.9. The smallest absolute Gasteiger partial charge is 0.409 e. The summed E-state index contributed by atoms with van der Waals surface area (Å²) in [7, 11) is 0. The maximum absolute atomic E-state index is 15.0. The molecular formula is C69H95N16O7+. The molecule has 2 N–H and O–H groups in total. The van der Waals surface area contributed by atoms with Crippen molar-refractivity contribution in [3.05, 3.63) is 122 Å². The van der Waals surface area contributed by atoms with Crippen molar-refractivity contribution in [3.8, 4) is 11.5 Å². The molecule has 23 nitrogen and oxygen atoms in total. The highest BCUT2D eigenvalue weighted by Gasteiger charge is 2.48. The van der Waals surface area contributed by atoms with Crippen LogP contribution in [0, 0.1) is 6.92 Å². The summed E-state index contributed by atoms with van der Waals surface area (Å²) >= 11 is 0. The number of rotatable bonds is 18. The summed E-state index contributed by atoms with van der Waals surface area (Å²) in [5.74, 6) is 1.86. The Kier molecular flexibility index (Phi) is 17.5. The molecule has 92 heavy (non-hydrogen) atoms. The highest BCUT2D eigenvalue weighted by Crippen LogP contribution is 2.48. The molecule has 0 aliphatic carbocycles. The summed E-state index contributed by atoms with van der Waals surface area (Å²) in [5, 5.41) is 54.9. The fourth-order valence-corrected chi connectivity index (χ4v) is 16.6. The zero-order valence-electron chi connectivity index (χ0n) is 55.8. The van der Waals surface area contributed by atoms with Crippen molar-refractivity contribution in [3.63, 3.8) is 0 Å². The Morgan fingerprint density at radius 2 is 1.25 bits per heavy atom. The Labute approximate surface area is 540 Å². The topological polar surface area (TPSA) is 217 Å². The maximum Gasteiger partial charge on any atom is 0.409 e. The van der Waals surface area contributed by atoms with E-state index in [2.05, 4.69) is 139 Å². The van der Waals surface area contributed by atoms with Gasteiger partial charge < -0.3 is 39.3 Å². The quantitative estimate of drug-likeness (QED) is 0.0623. The van der Waals surface area contributed by atoms with Crippen LogP contribution in [-0.2, 0) is 54.9 Å². The Balaban J connectivity index is 0.629. The second-order valence-corrected chi connectivity index (χ2v) is 29.4. The number of hydrogen-bond acceptors (Lipinski definition) is 17. The Morgan fingerprint density at radius 3 is 1.89 bits per heavy atom. The monoisotopic (exact) mass is 1260 g/mol. The summed E-state index contributed by atoms with van der Waals surface area (Å²) in [6.45, 7) is 29.0. The number of hydrogen-bond donors (Lipinski definition) is 2. The van der Waals surface area contributed by atoms with E-state index in [0.29, 0.717) is 90.2 Å². The van der Waals surface area contributed by atoms with Crippen LogP contribution < -0.4 is 24.8 Å². The van der Waals surface area contributed by atoms with Gasteiger partial charge in [0.1, 0.15) is 31.2 Å². The Morgan fingerprint density at radius 1 is 0.663 bits per heavy atom. The number of piperidine rings is 2. The van der Waals surface area contributed by atoms with Gasteiger partial charge in [0.25, 0.3) is 5.91 Å². The van der Waals surface area contributed by atoms with Crippen molar-refractivity contribution in [2.24, 2.45) is 0 Å². The zero-order chi connectivity index (χ0) is 64.4. The van der Waals surface area contributed by atoms with Gasteiger partial charge in [-0.2, -0.15) is 10.1 Å². The van der Waals surface area contributed by atoms with Crippen molar-refractivity contribution < 1.29 is 34.2 Å². The standard InChI is InChI=1S/C69H95N16O7/c1-11-22-77-24-15-20-55-60(77)46(2)34-57-59(58-35-47-17-14-23-78-25-16-21-56(61(47)78)63(58)92-62(55)57)53-18-12-13-19-54(53)64(86)79-26-28-80(29-27-79)65(87)91-33-32-90-31-30-81-43-48(70-73-81)40-76(41-49-44-82(74-71-49)51-36-66(3,4)84(88)67(5,6)37-51)42-50-45-83(75-72-50)52-38-68(7,8)85(89)69(9,10)39-52/h12-13,18-19,34-35,43-45,51-52,88-89H,11,14-17,20-33,36-42H2,1-10H3/q+1. The molecule has 0 unspecified atom stereocenters. The van der Waals surface area contributed by atoms with Crippen molar-refractivity contribution in [1.29, 1.82) is 0 Å². The zero-order valence-corrected chi connectivity index (χ0v) is 55.8. The van der Waals surface area contributed by atoms with Crippen molar-refractivity contribution in [1.82, 2.24) is 74.4 Å². The van der Waals surface area contributed by atoms with E-state index in [1.165, 1.54) is 43.4 Å². The van der Waals surface area contributed by atoms with Gasteiger partial charge in [0.2, 0.25) is 5.36 Å². The molecule has 7 aliphatic heterocycles. The first-order valence-corrected chi connectivity index (χ1v) is 33.8. The molecule has 0 atom stereocenters. The highest BCUT2D eigenvalue weighted by molar-refractivity contribution is 6.02. The third-order valence-electron chi connectivity index (χ3n) is 20.4. The molecular weight excluding hydrogens is 1160 g/mol. The molecule has 0 spiro atoms. The lowest BCUT2D eigenvalue weighted by atomic mass is 9.79. The molecule has 0 saturated carbocycles. The van der Waals surface area contributed by atoms with Crippen LogP contribution in [0.5, 0.6) is 11.5 Å². The average Bonchev–Trinajstić information content (AvgIpc) is 0.807. The minimum Gasteiger partial charge on any atom is -0.455 e. The van der Waals surface area contributed by atoms with Gasteiger partial charge in [-0.25, -0.2) is 23.4 Å². The SMILES string of the molecule is CCCN1CCCc2c3c(cc(C)c21)C(c1ccccc1C(=O)N1CCN(C(=O)OCCOCCn2cc(CN(Cc4cn(C5CC(C)(C)N(O)C(C)(C)C5)nn4)Cc4cn(C5CC(C)(C)N(O)C(C)(C)C5)nn4)nn2)CC1)=c1cc2c4c(c1O3)CCC[N+]=4CCC2. The number of benzene rings is 3. The van der Waals surface area contributed by atoms with E-state index >= 15 is 0 Å². The van der Waals surface area contributed by atoms with Crippen LogP contribution in [0.3, 0.4) is 0 Å². The van der Waals surface area contributed by atoms with Gasteiger partial charge in [-0.1, -0.05) is 40.8 Å². The van der Waals surface area contributed by atoms with Crippen LogP contribution in [0.1, 0.15) is 187 Å². The summed E-state index contributed by atoms with van der Waals surface area (Å²) < 4.78 is 27.2. The largest absolute Gasteiger partial charge is 0.455 e. The minimum atomic E-state index is -0.443. The summed E-state index contributed by atoms with van der Waals surface area (Å²) in [6.07, 6.45) is 15.7. The van der Waals surface area contributed by atoms with E-state index in [-0.39, 0.29) is 31.2 Å². The van der Waals surface area contributed by atoms with Gasteiger partial charge in [0.15, 0.2) is 0 Å². The first kappa shape index (κ1) is 63.6. The molecule has 3 saturated heterocycles. The molecule has 0 bridgehead atoms. The lowest BCUT2D eigenvalue weighted by Crippen LogP contribution is -2.59. The van der Waals surface area contributed by atoms with Crippen LogP contribution in [0.15, 0.2) is 55.0 Å². The van der Waals surface area contributed by atoms with Crippen molar-refractivity contribution >= 4 is 23.3 Å². The van der Waals surface area contributed by atoms with Crippen molar-refractivity contribution in [2.75, 3.05) is 77.1 Å². The van der Waals surface area contributed by atoms with Crippen LogP contribution in [0.4, 0.5) is 10.5 Å². The number of piperazine rings is 1. The summed E-state index contributed by atoms with van der Waals surface area (Å²) in [4.78, 5) is 36.8. The minimum absolute atomic E-state index is 0.0489. The second-order valence-electron chi connectivity index (χ2n) is 29.4. The number of nitrogens with zero attached hydrogens (tertiary/aromatic N) is 16. The summed E-state index contributed by atoms with van der Waals surface area (Å²) in [5.41, 5.74) is 10.8. The molecule has 0 radical (unpaired) electrons. The Hall–Kier alpha value is -7.15. The first-order chi connectivity index (χ1) is 44.1. The van der Waals surface area contributed by atoms with E-state index < -0.39 is 28.2 Å². The van der Waals surface area contributed by atoms with Gasteiger partial charge >= 0.3 is 6.09 Å². The average molecular weight is 1260 g/mol. The second kappa shape index (κ2) is 25.3. The van der Waals surface area contributed by atoms with Gasteiger partial charge in [-0.3, -0.25) is 9.69 Å². The lowest BCUT2D eigenvalue weighted by Gasteiger charge is -2.51. The van der Waals surface area contributed by atoms with E-state index in [1.807, 2.05) is 45.0 Å². The number of anilines is 1. The van der Waals surface area contributed by atoms with Gasteiger partial charge in [-0.15, -0.1) is 15.3 Å². The van der Waals surface area contributed by atoms with Crippen molar-refractivity contribution in [2.45, 2.75) is 200 Å². The third kappa shape index (κ3) is 12.5. The number of aromatic nitrogens is 9. The maximum atomic E-state index is 15.0. The highest BCUT2D eigenvalue weighted by atomic mass is 16.6. The number of amides is 2. The molecule has 23 heteroatoms. The van der Waals surface area contributed by atoms with Crippen LogP contribution in [-0.4, -0.2) is 187 Å². The third-order valence-corrected chi connectivity index (χ3v) is 20.4. The molecule has 3 aromatic heterocycles. The predicted molar refractivity (Wildman–Crippen MR) is 346 cm³/mol. The van der Waals surface area contributed by atoms with Gasteiger partial charge in [-0.05, 0) is 149 Å².